The van der Waals surface area contributed by atoms with Crippen LogP contribution < -0.4 is 9.30 Å². The minimum Gasteiger partial charge on any atom is -0.497 e. The van der Waals surface area contributed by atoms with Crippen LogP contribution in [-0.4, -0.2) is 7.11 Å². The molecular formula is C20H20NOS+. The number of thiazole rings is 1. The number of aromatic nitrogens is 1. The van der Waals surface area contributed by atoms with Gasteiger partial charge in [0.1, 0.15) is 12.3 Å². The first-order chi connectivity index (χ1) is 11.3. The molecule has 0 unspecified atom stereocenters. The molecule has 0 fully saturated rings. The van der Waals surface area contributed by atoms with Gasteiger partial charge in [0.2, 0.25) is 5.69 Å². The first-order valence-electron chi connectivity index (χ1n) is 7.70. The highest BCUT2D eigenvalue weighted by Gasteiger charge is 2.17. The number of hydrogen-bond acceptors (Lipinski definition) is 2. The molecule has 3 heteroatoms. The lowest BCUT2D eigenvalue weighted by Gasteiger charge is -1.99. The SMILES string of the molecule is CC[n+]1c(-c2ccccc2)csc1C=Cc1ccc(OC)cc1. The fraction of sp³-hybridized carbons (Fsp3) is 0.150. The molecule has 0 aliphatic heterocycles. The van der Waals surface area contributed by atoms with Crippen molar-refractivity contribution in [3.8, 4) is 17.0 Å². The standard InChI is InChI=1S/C20H20NOS/c1-3-21-19(17-7-5-4-6-8-17)15-23-20(21)14-11-16-9-12-18(22-2)13-10-16/h4-15H,3H2,1-2H3/q+1. The molecule has 0 aliphatic carbocycles. The zero-order chi connectivity index (χ0) is 16.1. The quantitative estimate of drug-likeness (QED) is 0.609. The molecule has 0 amide bonds. The highest BCUT2D eigenvalue weighted by atomic mass is 32.1. The van der Waals surface area contributed by atoms with Gasteiger partial charge in [-0.05, 0) is 42.8 Å². The molecule has 0 radical (unpaired) electrons. The third-order valence-electron chi connectivity index (χ3n) is 3.77. The van der Waals surface area contributed by atoms with E-state index in [2.05, 4.69) is 71.5 Å². The smallest absolute Gasteiger partial charge is 0.262 e. The molecule has 0 spiro atoms. The summed E-state index contributed by atoms with van der Waals surface area (Å²) in [7, 11) is 1.69. The zero-order valence-electron chi connectivity index (χ0n) is 13.4. The Bertz CT molecular complexity index is 788. The van der Waals surface area contributed by atoms with E-state index in [0.717, 1.165) is 12.3 Å². The first-order valence-corrected chi connectivity index (χ1v) is 8.58. The Hall–Kier alpha value is -2.39. The van der Waals surface area contributed by atoms with Crippen molar-refractivity contribution in [2.24, 2.45) is 0 Å². The van der Waals surface area contributed by atoms with Crippen LogP contribution in [0.3, 0.4) is 0 Å². The van der Waals surface area contributed by atoms with Crippen LogP contribution in [0.5, 0.6) is 5.75 Å². The maximum absolute atomic E-state index is 5.19. The van der Waals surface area contributed by atoms with Crippen LogP contribution in [0.1, 0.15) is 17.5 Å². The van der Waals surface area contributed by atoms with Crippen molar-refractivity contribution < 1.29 is 9.30 Å². The van der Waals surface area contributed by atoms with Gasteiger partial charge in [-0.1, -0.05) is 41.7 Å². The molecule has 2 aromatic carbocycles. The molecule has 116 valence electrons. The second-order valence-corrected chi connectivity index (χ2v) is 6.07. The molecule has 2 nitrogen and oxygen atoms in total. The summed E-state index contributed by atoms with van der Waals surface area (Å²) in [6, 6.07) is 18.6. The number of benzene rings is 2. The summed E-state index contributed by atoms with van der Waals surface area (Å²) in [5.41, 5.74) is 3.70. The maximum atomic E-state index is 5.19. The van der Waals surface area contributed by atoms with Crippen molar-refractivity contribution in [2.45, 2.75) is 13.5 Å². The molecule has 0 atom stereocenters. The van der Waals surface area contributed by atoms with Gasteiger partial charge in [0, 0.05) is 11.6 Å². The molecule has 23 heavy (non-hydrogen) atoms. The summed E-state index contributed by atoms with van der Waals surface area (Å²) in [4.78, 5) is 0. The predicted octanol–water partition coefficient (Wildman–Crippen LogP) is 4.90. The minimum atomic E-state index is 0.883. The van der Waals surface area contributed by atoms with E-state index in [9.17, 15) is 0 Å². The Morgan fingerprint density at radius 3 is 2.39 bits per heavy atom. The molecule has 0 aliphatic rings. The van der Waals surface area contributed by atoms with E-state index in [4.69, 9.17) is 4.74 Å². The Balaban J connectivity index is 1.88. The second kappa shape index (κ2) is 7.25. The Morgan fingerprint density at radius 1 is 1.00 bits per heavy atom. The van der Waals surface area contributed by atoms with Crippen LogP contribution >= 0.6 is 11.3 Å². The van der Waals surface area contributed by atoms with E-state index in [1.165, 1.54) is 21.8 Å². The van der Waals surface area contributed by atoms with Crippen LogP contribution in [0, 0.1) is 0 Å². The summed E-state index contributed by atoms with van der Waals surface area (Å²) in [5, 5.41) is 3.48. The lowest BCUT2D eigenvalue weighted by molar-refractivity contribution is -0.679. The average Bonchev–Trinajstić information content (AvgIpc) is 3.04. The normalized spacial score (nSPS) is 11.0. The Kier molecular flexibility index (Phi) is 4.89. The minimum absolute atomic E-state index is 0.883. The van der Waals surface area contributed by atoms with E-state index in [0.29, 0.717) is 0 Å². The zero-order valence-corrected chi connectivity index (χ0v) is 14.2. The number of hydrogen-bond donors (Lipinski definition) is 0. The summed E-state index contributed by atoms with van der Waals surface area (Å²) >= 11 is 1.77. The molecule has 0 saturated carbocycles. The fourth-order valence-corrected chi connectivity index (χ4v) is 3.53. The van der Waals surface area contributed by atoms with Crippen molar-refractivity contribution in [1.82, 2.24) is 0 Å². The van der Waals surface area contributed by atoms with Gasteiger partial charge in [-0.25, -0.2) is 0 Å². The number of methoxy groups -OCH3 is 1. The van der Waals surface area contributed by atoms with Gasteiger partial charge in [-0.15, -0.1) is 0 Å². The topological polar surface area (TPSA) is 13.1 Å². The number of rotatable bonds is 5. The largest absolute Gasteiger partial charge is 0.497 e. The predicted molar refractivity (Wildman–Crippen MR) is 97.5 cm³/mol. The number of ether oxygens (including phenoxy) is 1. The highest BCUT2D eigenvalue weighted by molar-refractivity contribution is 7.10. The Labute approximate surface area is 141 Å². The van der Waals surface area contributed by atoms with E-state index >= 15 is 0 Å². The molecule has 0 N–H and O–H groups in total. The lowest BCUT2D eigenvalue weighted by Crippen LogP contribution is -2.35. The van der Waals surface area contributed by atoms with Crippen LogP contribution in [0.4, 0.5) is 0 Å². The van der Waals surface area contributed by atoms with Gasteiger partial charge in [-0.2, -0.15) is 4.57 Å². The van der Waals surface area contributed by atoms with Gasteiger partial charge in [-0.3, -0.25) is 0 Å². The van der Waals surface area contributed by atoms with E-state index in [-0.39, 0.29) is 0 Å². The van der Waals surface area contributed by atoms with Crippen LogP contribution in [0.15, 0.2) is 60.0 Å². The molecule has 0 saturated heterocycles. The Morgan fingerprint density at radius 2 is 1.74 bits per heavy atom. The summed E-state index contributed by atoms with van der Waals surface area (Å²) in [5.74, 6) is 0.883. The monoisotopic (exact) mass is 322 g/mol. The summed E-state index contributed by atoms with van der Waals surface area (Å²) in [6.07, 6.45) is 4.33. The molecular weight excluding hydrogens is 302 g/mol. The summed E-state index contributed by atoms with van der Waals surface area (Å²) < 4.78 is 7.54. The van der Waals surface area contributed by atoms with Gasteiger partial charge in [0.15, 0.2) is 0 Å². The van der Waals surface area contributed by atoms with Crippen molar-refractivity contribution in [3.63, 3.8) is 0 Å². The maximum Gasteiger partial charge on any atom is 0.262 e. The first kappa shape index (κ1) is 15.5. The van der Waals surface area contributed by atoms with Crippen molar-refractivity contribution in [1.29, 1.82) is 0 Å². The highest BCUT2D eigenvalue weighted by Crippen LogP contribution is 2.21. The number of nitrogens with zero attached hydrogens (tertiary/aromatic N) is 1. The molecule has 3 aromatic rings. The van der Waals surface area contributed by atoms with Gasteiger partial charge < -0.3 is 4.74 Å². The average molecular weight is 322 g/mol. The van der Waals surface area contributed by atoms with Crippen LogP contribution in [0.25, 0.3) is 23.4 Å². The van der Waals surface area contributed by atoms with Crippen molar-refractivity contribution >= 4 is 23.5 Å². The third-order valence-corrected chi connectivity index (χ3v) is 4.71. The summed E-state index contributed by atoms with van der Waals surface area (Å²) in [6.45, 7) is 3.14. The van der Waals surface area contributed by atoms with Crippen LogP contribution in [-0.2, 0) is 6.54 Å². The molecule has 0 bridgehead atoms. The van der Waals surface area contributed by atoms with E-state index in [1.54, 1.807) is 18.4 Å². The van der Waals surface area contributed by atoms with Gasteiger partial charge >= 0.3 is 0 Å². The third kappa shape index (κ3) is 3.51. The van der Waals surface area contributed by atoms with Crippen LogP contribution in [0.2, 0.25) is 0 Å². The van der Waals surface area contributed by atoms with Crippen molar-refractivity contribution in [2.75, 3.05) is 7.11 Å². The van der Waals surface area contributed by atoms with Crippen molar-refractivity contribution in [3.05, 3.63) is 70.5 Å². The molecule has 3 rings (SSSR count). The molecule has 1 aromatic heterocycles. The van der Waals surface area contributed by atoms with Gasteiger partial charge in [0.25, 0.3) is 5.01 Å². The second-order valence-electron chi connectivity index (χ2n) is 5.18. The lowest BCUT2D eigenvalue weighted by atomic mass is 10.2. The molecule has 1 heterocycles. The fourth-order valence-electron chi connectivity index (χ4n) is 2.53. The van der Waals surface area contributed by atoms with E-state index < -0.39 is 0 Å². The van der Waals surface area contributed by atoms with Gasteiger partial charge in [0.05, 0.1) is 12.5 Å². The van der Waals surface area contributed by atoms with E-state index in [1.807, 2.05) is 12.1 Å².